The van der Waals surface area contributed by atoms with Gasteiger partial charge in [-0.2, -0.15) is 0 Å². The molecule has 1 aromatic carbocycles. The number of rotatable bonds is 7. The zero-order valence-electron chi connectivity index (χ0n) is 12.8. The highest BCUT2D eigenvalue weighted by atomic mass is 16.4. The molecule has 0 saturated carbocycles. The molecule has 0 aromatic heterocycles. The highest BCUT2D eigenvalue weighted by Gasteiger charge is 2.22. The molecule has 0 saturated heterocycles. The fourth-order valence-electron chi connectivity index (χ4n) is 2.17. The van der Waals surface area contributed by atoms with E-state index in [0.29, 0.717) is 12.1 Å². The van der Waals surface area contributed by atoms with Crippen molar-refractivity contribution in [2.45, 2.75) is 45.6 Å². The number of nitrogens with one attached hydrogen (secondary N) is 1. The highest BCUT2D eigenvalue weighted by Crippen LogP contribution is 2.20. The van der Waals surface area contributed by atoms with Gasteiger partial charge in [-0.25, -0.2) is 4.79 Å². The van der Waals surface area contributed by atoms with E-state index in [0.717, 1.165) is 5.56 Å². The van der Waals surface area contributed by atoms with Gasteiger partial charge in [0.05, 0.1) is 0 Å². The Morgan fingerprint density at radius 1 is 1.19 bits per heavy atom. The van der Waals surface area contributed by atoms with E-state index in [1.807, 2.05) is 32.9 Å². The fourth-order valence-corrected chi connectivity index (χ4v) is 2.17. The zero-order chi connectivity index (χ0) is 16.0. The number of aliphatic carboxylic acids is 1. The average molecular weight is 292 g/mol. The van der Waals surface area contributed by atoms with Gasteiger partial charge >= 0.3 is 5.97 Å². The monoisotopic (exact) mass is 292 g/mol. The second kappa shape index (κ2) is 7.67. The van der Waals surface area contributed by atoms with Crippen LogP contribution in [0.15, 0.2) is 24.3 Å². The first-order valence-corrected chi connectivity index (χ1v) is 7.17. The van der Waals surface area contributed by atoms with Gasteiger partial charge in [-0.3, -0.25) is 4.79 Å². The molecule has 21 heavy (non-hydrogen) atoms. The van der Waals surface area contributed by atoms with Crippen LogP contribution in [0, 0.1) is 5.92 Å². The Bertz CT molecular complexity index is 483. The van der Waals surface area contributed by atoms with E-state index >= 15 is 0 Å². The summed E-state index contributed by atoms with van der Waals surface area (Å²) in [6, 6.07) is 6.54. The fraction of sp³-hybridized carbons (Fsp3) is 0.500. The molecular formula is C16H24N2O3. The molecule has 0 spiro atoms. The summed E-state index contributed by atoms with van der Waals surface area (Å²) in [5.74, 6) is -1.01. The maximum Gasteiger partial charge on any atom is 0.326 e. The predicted octanol–water partition coefficient (Wildman–Crippen LogP) is 2.38. The molecule has 0 radical (unpaired) electrons. The minimum Gasteiger partial charge on any atom is -0.480 e. The minimum atomic E-state index is -0.989. The second-order valence-corrected chi connectivity index (χ2v) is 5.86. The van der Waals surface area contributed by atoms with Crippen molar-refractivity contribution in [1.82, 2.24) is 5.32 Å². The summed E-state index contributed by atoms with van der Waals surface area (Å²) >= 11 is 0. The van der Waals surface area contributed by atoms with Crippen molar-refractivity contribution in [1.29, 1.82) is 0 Å². The smallest absolute Gasteiger partial charge is 0.326 e. The van der Waals surface area contributed by atoms with Crippen molar-refractivity contribution < 1.29 is 14.7 Å². The normalized spacial score (nSPS) is 13.7. The molecule has 0 fully saturated rings. The average Bonchev–Trinajstić information content (AvgIpc) is 2.37. The lowest BCUT2D eigenvalue weighted by atomic mass is 9.96. The van der Waals surface area contributed by atoms with E-state index in [1.54, 1.807) is 12.1 Å². The van der Waals surface area contributed by atoms with Gasteiger partial charge in [0.1, 0.15) is 6.04 Å². The number of hydrogen-bond donors (Lipinski definition) is 3. The van der Waals surface area contributed by atoms with Crippen LogP contribution in [0.25, 0.3) is 0 Å². The molecule has 0 aliphatic carbocycles. The van der Waals surface area contributed by atoms with Crippen molar-refractivity contribution in [3.05, 3.63) is 29.8 Å². The Balaban J connectivity index is 2.59. The molecule has 0 aliphatic heterocycles. The lowest BCUT2D eigenvalue weighted by Gasteiger charge is -2.18. The van der Waals surface area contributed by atoms with Crippen LogP contribution in [-0.2, 0) is 9.59 Å². The van der Waals surface area contributed by atoms with Crippen LogP contribution in [0.1, 0.15) is 45.1 Å². The number of carbonyl (C=O) groups is 2. The number of anilines is 1. The van der Waals surface area contributed by atoms with E-state index in [-0.39, 0.29) is 24.2 Å². The third-order valence-corrected chi connectivity index (χ3v) is 3.34. The van der Waals surface area contributed by atoms with Crippen LogP contribution < -0.4 is 11.1 Å². The molecule has 2 atom stereocenters. The molecule has 0 heterocycles. The van der Waals surface area contributed by atoms with Crippen molar-refractivity contribution in [3.63, 3.8) is 0 Å². The summed E-state index contributed by atoms with van der Waals surface area (Å²) < 4.78 is 0. The molecule has 0 aliphatic rings. The quantitative estimate of drug-likeness (QED) is 0.673. The van der Waals surface area contributed by atoms with Crippen LogP contribution in [0.3, 0.4) is 0 Å². The number of carbonyl (C=O) groups excluding carboxylic acids is 1. The molecule has 1 amide bonds. The Morgan fingerprint density at radius 3 is 2.24 bits per heavy atom. The summed E-state index contributed by atoms with van der Waals surface area (Å²) in [5, 5.41) is 11.7. The summed E-state index contributed by atoms with van der Waals surface area (Å²) in [6.45, 7) is 5.79. The van der Waals surface area contributed by atoms with Crippen molar-refractivity contribution >= 4 is 17.6 Å². The van der Waals surface area contributed by atoms with Gasteiger partial charge in [-0.1, -0.05) is 32.9 Å². The third-order valence-electron chi connectivity index (χ3n) is 3.34. The molecule has 116 valence electrons. The van der Waals surface area contributed by atoms with Gasteiger partial charge in [-0.05, 0) is 36.0 Å². The van der Waals surface area contributed by atoms with E-state index in [1.165, 1.54) is 0 Å². The minimum absolute atomic E-state index is 0.0131. The van der Waals surface area contributed by atoms with Crippen molar-refractivity contribution in [3.8, 4) is 0 Å². The first-order valence-electron chi connectivity index (χ1n) is 7.17. The van der Waals surface area contributed by atoms with Gasteiger partial charge in [0.15, 0.2) is 0 Å². The highest BCUT2D eigenvalue weighted by molar-refractivity contribution is 5.83. The second-order valence-electron chi connectivity index (χ2n) is 5.86. The van der Waals surface area contributed by atoms with Gasteiger partial charge in [0.25, 0.3) is 0 Å². The standard InChI is InChI=1S/C16H24N2O3/c1-10(2)8-14(16(20)21)18-15(19)9-11(3)12-4-6-13(17)7-5-12/h4-7,10-11,14H,8-9,17H2,1-3H3,(H,18,19)(H,20,21). The number of carboxylic acid groups (broad SMARTS) is 1. The molecule has 1 rings (SSSR count). The number of nitrogen functional groups attached to an aromatic ring is 1. The first kappa shape index (κ1) is 17.0. The number of nitrogens with two attached hydrogens (primary N) is 1. The van der Waals surface area contributed by atoms with E-state index in [2.05, 4.69) is 5.32 Å². The Labute approximate surface area is 125 Å². The van der Waals surface area contributed by atoms with Crippen molar-refractivity contribution in [2.24, 2.45) is 5.92 Å². The Hall–Kier alpha value is -2.04. The van der Waals surface area contributed by atoms with E-state index < -0.39 is 12.0 Å². The van der Waals surface area contributed by atoms with Crippen LogP contribution in [0.4, 0.5) is 5.69 Å². The van der Waals surface area contributed by atoms with Gasteiger partial charge < -0.3 is 16.2 Å². The third kappa shape index (κ3) is 5.85. The maximum atomic E-state index is 12.0. The molecule has 2 unspecified atom stereocenters. The lowest BCUT2D eigenvalue weighted by Crippen LogP contribution is -2.41. The molecule has 5 nitrogen and oxygen atoms in total. The first-order chi connectivity index (χ1) is 9.79. The van der Waals surface area contributed by atoms with Gasteiger partial charge in [-0.15, -0.1) is 0 Å². The molecule has 0 bridgehead atoms. The van der Waals surface area contributed by atoms with Crippen LogP contribution in [0.5, 0.6) is 0 Å². The number of benzene rings is 1. The van der Waals surface area contributed by atoms with Crippen LogP contribution >= 0.6 is 0 Å². The zero-order valence-corrected chi connectivity index (χ0v) is 12.8. The lowest BCUT2D eigenvalue weighted by molar-refractivity contribution is -0.142. The molecule has 1 aromatic rings. The van der Waals surface area contributed by atoms with Gasteiger partial charge in [0.2, 0.25) is 5.91 Å². The van der Waals surface area contributed by atoms with E-state index in [4.69, 9.17) is 10.8 Å². The summed E-state index contributed by atoms with van der Waals surface area (Å²) in [4.78, 5) is 23.1. The summed E-state index contributed by atoms with van der Waals surface area (Å²) in [7, 11) is 0. The Morgan fingerprint density at radius 2 is 1.76 bits per heavy atom. The van der Waals surface area contributed by atoms with Gasteiger partial charge in [0, 0.05) is 12.1 Å². The summed E-state index contributed by atoms with van der Waals surface area (Å²) in [6.07, 6.45) is 0.684. The van der Waals surface area contributed by atoms with Crippen molar-refractivity contribution in [2.75, 3.05) is 5.73 Å². The molecular weight excluding hydrogens is 268 g/mol. The topological polar surface area (TPSA) is 92.4 Å². The Kier molecular flexibility index (Phi) is 6.21. The maximum absolute atomic E-state index is 12.0. The number of amides is 1. The largest absolute Gasteiger partial charge is 0.480 e. The number of hydrogen-bond acceptors (Lipinski definition) is 3. The molecule has 4 N–H and O–H groups in total. The SMILES string of the molecule is CC(C)CC(NC(=O)CC(C)c1ccc(N)cc1)C(=O)O. The van der Waals surface area contributed by atoms with Crippen LogP contribution in [0.2, 0.25) is 0 Å². The molecule has 5 heteroatoms. The number of carboxylic acids is 1. The summed E-state index contributed by atoms with van der Waals surface area (Å²) in [5.41, 5.74) is 7.32. The predicted molar refractivity (Wildman–Crippen MR) is 82.9 cm³/mol. The van der Waals surface area contributed by atoms with Crippen LogP contribution in [-0.4, -0.2) is 23.0 Å². The van der Waals surface area contributed by atoms with E-state index in [9.17, 15) is 9.59 Å².